The number of ether oxygens (including phenoxy) is 1. The zero-order valence-corrected chi connectivity index (χ0v) is 12.6. The molecule has 0 fully saturated rings. The van der Waals surface area contributed by atoms with E-state index in [0.29, 0.717) is 13.2 Å². The molecular formula is C16H28N2O2. The van der Waals surface area contributed by atoms with Crippen molar-refractivity contribution in [3.05, 3.63) is 30.1 Å². The van der Waals surface area contributed by atoms with Crippen LogP contribution in [0.5, 0.6) is 0 Å². The van der Waals surface area contributed by atoms with Crippen molar-refractivity contribution in [2.24, 2.45) is 0 Å². The van der Waals surface area contributed by atoms with E-state index in [1.54, 1.807) is 6.20 Å². The summed E-state index contributed by atoms with van der Waals surface area (Å²) in [4.78, 5) is 4.25. The van der Waals surface area contributed by atoms with E-state index in [2.05, 4.69) is 17.2 Å². The van der Waals surface area contributed by atoms with Crippen LogP contribution in [0.4, 0.5) is 0 Å². The molecule has 1 aromatic rings. The van der Waals surface area contributed by atoms with Crippen LogP contribution in [-0.2, 0) is 11.2 Å². The standard InChI is InChI=1S/C16H28N2O2/c1-2-3-4-7-12-20-14-16(19)13-17-11-9-15-8-5-6-10-18-15/h5-6,8,10,16-17,19H,2-4,7,9,11-14H2,1H3. The molecule has 20 heavy (non-hydrogen) atoms. The number of aliphatic hydroxyl groups excluding tert-OH is 1. The van der Waals surface area contributed by atoms with Gasteiger partial charge in [-0.05, 0) is 18.6 Å². The predicted molar refractivity (Wildman–Crippen MR) is 81.8 cm³/mol. The van der Waals surface area contributed by atoms with Gasteiger partial charge >= 0.3 is 0 Å². The molecule has 1 heterocycles. The van der Waals surface area contributed by atoms with Crippen molar-refractivity contribution in [2.75, 3.05) is 26.3 Å². The fraction of sp³-hybridized carbons (Fsp3) is 0.688. The zero-order valence-electron chi connectivity index (χ0n) is 12.6. The van der Waals surface area contributed by atoms with Crippen molar-refractivity contribution in [2.45, 2.75) is 45.1 Å². The smallest absolute Gasteiger partial charge is 0.0897 e. The highest BCUT2D eigenvalue weighted by Gasteiger charge is 2.03. The van der Waals surface area contributed by atoms with Gasteiger partial charge in [0.15, 0.2) is 0 Å². The third kappa shape index (κ3) is 9.02. The Hall–Kier alpha value is -0.970. The Labute approximate surface area is 122 Å². The first-order chi connectivity index (χ1) is 9.83. The predicted octanol–water partition coefficient (Wildman–Crippen LogP) is 2.17. The molecule has 0 spiro atoms. The zero-order chi connectivity index (χ0) is 14.5. The number of hydrogen-bond donors (Lipinski definition) is 2. The van der Waals surface area contributed by atoms with Crippen LogP contribution in [0.2, 0.25) is 0 Å². The first-order valence-electron chi connectivity index (χ1n) is 7.69. The fourth-order valence-electron chi connectivity index (χ4n) is 1.94. The third-order valence-corrected chi connectivity index (χ3v) is 3.12. The molecule has 4 nitrogen and oxygen atoms in total. The van der Waals surface area contributed by atoms with Crippen molar-refractivity contribution in [1.82, 2.24) is 10.3 Å². The van der Waals surface area contributed by atoms with Gasteiger partial charge in [0.05, 0.1) is 12.7 Å². The summed E-state index contributed by atoms with van der Waals surface area (Å²) in [5.74, 6) is 0. The lowest BCUT2D eigenvalue weighted by atomic mass is 10.2. The maximum Gasteiger partial charge on any atom is 0.0897 e. The second-order valence-electron chi connectivity index (χ2n) is 5.06. The number of nitrogens with zero attached hydrogens (tertiary/aromatic N) is 1. The molecule has 0 aliphatic carbocycles. The van der Waals surface area contributed by atoms with E-state index < -0.39 is 6.10 Å². The van der Waals surface area contributed by atoms with Gasteiger partial charge in [0, 0.05) is 38.0 Å². The number of pyridine rings is 1. The Bertz CT molecular complexity index is 320. The van der Waals surface area contributed by atoms with Gasteiger partial charge in [0.1, 0.15) is 0 Å². The maximum atomic E-state index is 9.75. The summed E-state index contributed by atoms with van der Waals surface area (Å²) in [5.41, 5.74) is 1.07. The lowest BCUT2D eigenvalue weighted by Gasteiger charge is -2.12. The molecule has 1 rings (SSSR count). The van der Waals surface area contributed by atoms with Gasteiger partial charge in [0.2, 0.25) is 0 Å². The highest BCUT2D eigenvalue weighted by atomic mass is 16.5. The van der Waals surface area contributed by atoms with Crippen LogP contribution in [0.15, 0.2) is 24.4 Å². The molecule has 1 atom stereocenters. The largest absolute Gasteiger partial charge is 0.389 e. The van der Waals surface area contributed by atoms with E-state index in [1.807, 2.05) is 18.2 Å². The lowest BCUT2D eigenvalue weighted by Crippen LogP contribution is -2.31. The Morgan fingerprint density at radius 3 is 2.95 bits per heavy atom. The monoisotopic (exact) mass is 280 g/mol. The van der Waals surface area contributed by atoms with Gasteiger partial charge in [-0.15, -0.1) is 0 Å². The van der Waals surface area contributed by atoms with Crippen LogP contribution in [0, 0.1) is 0 Å². The Morgan fingerprint density at radius 1 is 1.30 bits per heavy atom. The molecule has 0 aromatic carbocycles. The number of hydrogen-bond acceptors (Lipinski definition) is 4. The minimum Gasteiger partial charge on any atom is -0.389 e. The average Bonchev–Trinajstić information content (AvgIpc) is 2.48. The lowest BCUT2D eigenvalue weighted by molar-refractivity contribution is 0.0356. The van der Waals surface area contributed by atoms with E-state index in [0.717, 1.165) is 31.7 Å². The van der Waals surface area contributed by atoms with Gasteiger partial charge in [-0.3, -0.25) is 4.98 Å². The summed E-state index contributed by atoms with van der Waals surface area (Å²) in [6, 6.07) is 5.92. The minimum atomic E-state index is -0.426. The van der Waals surface area contributed by atoms with Gasteiger partial charge in [-0.1, -0.05) is 32.3 Å². The molecule has 0 saturated heterocycles. The van der Waals surface area contributed by atoms with Crippen LogP contribution in [0.3, 0.4) is 0 Å². The van der Waals surface area contributed by atoms with E-state index in [1.165, 1.54) is 19.3 Å². The first kappa shape index (κ1) is 17.1. The van der Waals surface area contributed by atoms with Crippen LogP contribution >= 0.6 is 0 Å². The number of unbranched alkanes of at least 4 members (excludes halogenated alkanes) is 3. The number of aromatic nitrogens is 1. The summed E-state index contributed by atoms with van der Waals surface area (Å²) in [7, 11) is 0. The maximum absolute atomic E-state index is 9.75. The summed E-state index contributed by atoms with van der Waals surface area (Å²) in [6.07, 6.45) is 7.07. The van der Waals surface area contributed by atoms with Crippen LogP contribution in [-0.4, -0.2) is 42.5 Å². The summed E-state index contributed by atoms with van der Waals surface area (Å²) in [6.45, 7) is 4.77. The van der Waals surface area contributed by atoms with Gasteiger partial charge in [-0.25, -0.2) is 0 Å². The molecule has 0 bridgehead atoms. The van der Waals surface area contributed by atoms with Crippen molar-refractivity contribution in [1.29, 1.82) is 0 Å². The van der Waals surface area contributed by atoms with Gasteiger partial charge in [-0.2, -0.15) is 0 Å². The van der Waals surface area contributed by atoms with E-state index in [9.17, 15) is 5.11 Å². The highest BCUT2D eigenvalue weighted by Crippen LogP contribution is 1.99. The Kier molecular flexibility index (Phi) is 10.1. The normalized spacial score (nSPS) is 12.5. The summed E-state index contributed by atoms with van der Waals surface area (Å²) >= 11 is 0. The number of rotatable bonds is 12. The molecule has 0 aliphatic heterocycles. The minimum absolute atomic E-state index is 0.419. The van der Waals surface area contributed by atoms with Crippen molar-refractivity contribution >= 4 is 0 Å². The highest BCUT2D eigenvalue weighted by molar-refractivity contribution is 5.03. The van der Waals surface area contributed by atoms with E-state index in [-0.39, 0.29) is 0 Å². The molecule has 0 aliphatic rings. The van der Waals surface area contributed by atoms with E-state index >= 15 is 0 Å². The average molecular weight is 280 g/mol. The molecule has 4 heteroatoms. The van der Waals surface area contributed by atoms with Gasteiger partial charge < -0.3 is 15.2 Å². The Balaban J connectivity index is 1.91. The van der Waals surface area contributed by atoms with Crippen molar-refractivity contribution in [3.8, 4) is 0 Å². The molecule has 0 amide bonds. The van der Waals surface area contributed by atoms with Crippen molar-refractivity contribution in [3.63, 3.8) is 0 Å². The second kappa shape index (κ2) is 11.8. The molecule has 1 unspecified atom stereocenters. The number of aliphatic hydroxyl groups is 1. The third-order valence-electron chi connectivity index (χ3n) is 3.12. The van der Waals surface area contributed by atoms with Crippen LogP contribution in [0.25, 0.3) is 0 Å². The summed E-state index contributed by atoms with van der Waals surface area (Å²) < 4.78 is 5.45. The van der Waals surface area contributed by atoms with Gasteiger partial charge in [0.25, 0.3) is 0 Å². The first-order valence-corrected chi connectivity index (χ1v) is 7.69. The SMILES string of the molecule is CCCCCCOCC(O)CNCCc1ccccn1. The molecule has 0 saturated carbocycles. The van der Waals surface area contributed by atoms with Crippen molar-refractivity contribution < 1.29 is 9.84 Å². The molecule has 2 N–H and O–H groups in total. The fourth-order valence-corrected chi connectivity index (χ4v) is 1.94. The Morgan fingerprint density at radius 2 is 2.20 bits per heavy atom. The molecule has 0 radical (unpaired) electrons. The quantitative estimate of drug-likeness (QED) is 0.576. The van der Waals surface area contributed by atoms with Crippen LogP contribution in [0.1, 0.15) is 38.3 Å². The van der Waals surface area contributed by atoms with E-state index in [4.69, 9.17) is 4.74 Å². The summed E-state index contributed by atoms with van der Waals surface area (Å²) in [5, 5.41) is 13.0. The molecule has 114 valence electrons. The molecule has 1 aromatic heterocycles. The second-order valence-corrected chi connectivity index (χ2v) is 5.06. The molecular weight excluding hydrogens is 252 g/mol. The topological polar surface area (TPSA) is 54.4 Å². The number of nitrogens with one attached hydrogen (secondary N) is 1. The van der Waals surface area contributed by atoms with Crippen LogP contribution < -0.4 is 5.32 Å².